The second kappa shape index (κ2) is 8.01. The number of hydrogen-bond donors (Lipinski definition) is 1. The Morgan fingerprint density at radius 2 is 2.09 bits per heavy atom. The molecule has 1 atom stereocenters. The summed E-state index contributed by atoms with van der Waals surface area (Å²) >= 11 is 0. The van der Waals surface area contributed by atoms with E-state index in [1.54, 1.807) is 7.11 Å². The van der Waals surface area contributed by atoms with Crippen molar-refractivity contribution in [3.63, 3.8) is 0 Å². The second-order valence-corrected chi connectivity index (χ2v) is 6.33. The van der Waals surface area contributed by atoms with Gasteiger partial charge >= 0.3 is 0 Å². The van der Waals surface area contributed by atoms with Gasteiger partial charge in [0, 0.05) is 39.8 Å². The van der Waals surface area contributed by atoms with Crippen LogP contribution in [0.5, 0.6) is 0 Å². The molecular formula is C15H27N5O2. The Bertz CT molecular complexity index is 439. The monoisotopic (exact) mass is 309 g/mol. The van der Waals surface area contributed by atoms with Crippen molar-refractivity contribution in [2.75, 3.05) is 52.9 Å². The molecule has 2 fully saturated rings. The van der Waals surface area contributed by atoms with Gasteiger partial charge < -0.3 is 19.5 Å². The van der Waals surface area contributed by atoms with E-state index >= 15 is 0 Å². The maximum Gasteiger partial charge on any atom is 0.240 e. The van der Waals surface area contributed by atoms with E-state index in [0.29, 0.717) is 18.3 Å². The van der Waals surface area contributed by atoms with E-state index in [1.807, 2.05) is 0 Å². The predicted octanol–water partition coefficient (Wildman–Crippen LogP) is 0.333. The molecule has 22 heavy (non-hydrogen) atoms. The molecule has 0 saturated carbocycles. The molecule has 0 aliphatic carbocycles. The molecule has 0 aromatic carbocycles. The van der Waals surface area contributed by atoms with E-state index < -0.39 is 0 Å². The third kappa shape index (κ3) is 4.49. The average Bonchev–Trinajstić information content (AvgIpc) is 2.98. The van der Waals surface area contributed by atoms with E-state index in [4.69, 9.17) is 9.26 Å². The number of nitrogens with one attached hydrogen (secondary N) is 1. The van der Waals surface area contributed by atoms with E-state index in [0.717, 1.165) is 38.6 Å². The molecule has 3 rings (SSSR count). The van der Waals surface area contributed by atoms with Crippen LogP contribution in [0.25, 0.3) is 0 Å². The zero-order valence-corrected chi connectivity index (χ0v) is 13.5. The Kier molecular flexibility index (Phi) is 5.77. The Morgan fingerprint density at radius 3 is 2.82 bits per heavy atom. The number of ether oxygens (including phenoxy) is 1. The summed E-state index contributed by atoms with van der Waals surface area (Å²) in [5, 5.41) is 7.41. The summed E-state index contributed by atoms with van der Waals surface area (Å²) in [5.74, 6) is 2.14. The Balaban J connectivity index is 1.39. The molecule has 7 heteroatoms. The smallest absolute Gasteiger partial charge is 0.240 e. The van der Waals surface area contributed by atoms with Crippen LogP contribution in [0.4, 0.5) is 0 Å². The van der Waals surface area contributed by atoms with Gasteiger partial charge in [-0.3, -0.25) is 4.90 Å². The highest BCUT2D eigenvalue weighted by molar-refractivity contribution is 4.86. The molecule has 0 radical (unpaired) electrons. The van der Waals surface area contributed by atoms with Crippen LogP contribution in [0, 0.1) is 5.92 Å². The number of piperazine rings is 1. The predicted molar refractivity (Wildman–Crippen MR) is 82.3 cm³/mol. The molecule has 1 aromatic heterocycles. The zero-order valence-electron chi connectivity index (χ0n) is 13.5. The number of piperidine rings is 1. The van der Waals surface area contributed by atoms with Crippen LogP contribution < -0.4 is 5.32 Å². The SMILES string of the molecule is COCc1noc(CN2CCN(CC3CCCNC3)CC2)n1. The van der Waals surface area contributed by atoms with Gasteiger partial charge in [0.15, 0.2) is 5.82 Å². The van der Waals surface area contributed by atoms with E-state index in [9.17, 15) is 0 Å². The van der Waals surface area contributed by atoms with Crippen molar-refractivity contribution in [3.8, 4) is 0 Å². The molecule has 1 N–H and O–H groups in total. The summed E-state index contributed by atoms with van der Waals surface area (Å²) in [6, 6.07) is 0. The summed E-state index contributed by atoms with van der Waals surface area (Å²) in [5.41, 5.74) is 0. The Labute approximate surface area is 132 Å². The maximum absolute atomic E-state index is 5.26. The van der Waals surface area contributed by atoms with Crippen molar-refractivity contribution in [2.24, 2.45) is 5.92 Å². The van der Waals surface area contributed by atoms with E-state index in [1.165, 1.54) is 32.5 Å². The minimum Gasteiger partial charge on any atom is -0.377 e. The van der Waals surface area contributed by atoms with Crippen LogP contribution >= 0.6 is 0 Å². The van der Waals surface area contributed by atoms with Crippen LogP contribution in [0.15, 0.2) is 4.52 Å². The normalized spacial score (nSPS) is 24.7. The maximum atomic E-state index is 5.26. The minimum atomic E-state index is 0.409. The van der Waals surface area contributed by atoms with Gasteiger partial charge in [0.05, 0.1) is 6.54 Å². The highest BCUT2D eigenvalue weighted by atomic mass is 16.5. The number of hydrogen-bond acceptors (Lipinski definition) is 7. The quantitative estimate of drug-likeness (QED) is 0.812. The first-order chi connectivity index (χ1) is 10.8. The molecule has 0 bridgehead atoms. The topological polar surface area (TPSA) is 66.7 Å². The number of rotatable bonds is 6. The van der Waals surface area contributed by atoms with Crippen LogP contribution in [-0.2, 0) is 17.9 Å². The van der Waals surface area contributed by atoms with E-state index in [2.05, 4.69) is 25.3 Å². The molecule has 2 aliphatic heterocycles. The summed E-state index contributed by atoms with van der Waals surface area (Å²) in [6.45, 7) is 9.18. The lowest BCUT2D eigenvalue weighted by atomic mass is 9.99. The fourth-order valence-corrected chi connectivity index (χ4v) is 3.31. The fourth-order valence-electron chi connectivity index (χ4n) is 3.31. The van der Waals surface area contributed by atoms with E-state index in [-0.39, 0.29) is 0 Å². The highest BCUT2D eigenvalue weighted by Gasteiger charge is 2.22. The molecule has 0 spiro atoms. The van der Waals surface area contributed by atoms with Crippen molar-refractivity contribution in [1.82, 2.24) is 25.3 Å². The number of aromatic nitrogens is 2. The van der Waals surface area contributed by atoms with Gasteiger partial charge in [-0.05, 0) is 31.8 Å². The number of methoxy groups -OCH3 is 1. The third-order valence-corrected chi connectivity index (χ3v) is 4.52. The fraction of sp³-hybridized carbons (Fsp3) is 0.867. The second-order valence-electron chi connectivity index (χ2n) is 6.33. The van der Waals surface area contributed by atoms with Crippen LogP contribution in [-0.4, -0.2) is 72.9 Å². The standard InChI is InChI=1S/C15H27N5O2/c1-21-12-14-17-15(22-18-14)11-20-7-5-19(6-8-20)10-13-3-2-4-16-9-13/h13,16H,2-12H2,1H3. The van der Waals surface area contributed by atoms with Crippen molar-refractivity contribution in [2.45, 2.75) is 26.0 Å². The summed E-state index contributed by atoms with van der Waals surface area (Å²) in [7, 11) is 1.64. The van der Waals surface area contributed by atoms with Gasteiger partial charge in [-0.15, -0.1) is 0 Å². The van der Waals surface area contributed by atoms with Crippen LogP contribution in [0.1, 0.15) is 24.6 Å². The van der Waals surface area contributed by atoms with Gasteiger partial charge in [-0.1, -0.05) is 5.16 Å². The minimum absolute atomic E-state index is 0.409. The summed E-state index contributed by atoms with van der Waals surface area (Å²) in [6.07, 6.45) is 2.70. The molecule has 3 heterocycles. The van der Waals surface area contributed by atoms with Gasteiger partial charge in [-0.2, -0.15) is 4.98 Å². The van der Waals surface area contributed by atoms with Crippen molar-refractivity contribution >= 4 is 0 Å². The molecule has 2 aliphatic rings. The van der Waals surface area contributed by atoms with Crippen molar-refractivity contribution < 1.29 is 9.26 Å². The molecule has 0 amide bonds. The third-order valence-electron chi connectivity index (χ3n) is 4.52. The first-order valence-corrected chi connectivity index (χ1v) is 8.29. The van der Waals surface area contributed by atoms with Crippen LogP contribution in [0.3, 0.4) is 0 Å². The van der Waals surface area contributed by atoms with Crippen LogP contribution in [0.2, 0.25) is 0 Å². The molecule has 1 aromatic rings. The molecule has 1 unspecified atom stereocenters. The van der Waals surface area contributed by atoms with Gasteiger partial charge in [0.1, 0.15) is 6.61 Å². The van der Waals surface area contributed by atoms with Crippen molar-refractivity contribution in [1.29, 1.82) is 0 Å². The first kappa shape index (κ1) is 15.9. The zero-order chi connectivity index (χ0) is 15.2. The molecular weight excluding hydrogens is 282 g/mol. The lowest BCUT2D eigenvalue weighted by Crippen LogP contribution is -2.48. The Morgan fingerprint density at radius 1 is 1.27 bits per heavy atom. The van der Waals surface area contributed by atoms with Gasteiger partial charge in [-0.25, -0.2) is 0 Å². The molecule has 2 saturated heterocycles. The first-order valence-electron chi connectivity index (χ1n) is 8.29. The molecule has 7 nitrogen and oxygen atoms in total. The summed E-state index contributed by atoms with van der Waals surface area (Å²) < 4.78 is 10.3. The highest BCUT2D eigenvalue weighted by Crippen LogP contribution is 2.14. The lowest BCUT2D eigenvalue weighted by Gasteiger charge is -2.36. The molecule has 124 valence electrons. The Hall–Kier alpha value is -1.02. The largest absolute Gasteiger partial charge is 0.377 e. The lowest BCUT2D eigenvalue weighted by molar-refractivity contribution is 0.0999. The van der Waals surface area contributed by atoms with Gasteiger partial charge in [0.25, 0.3) is 0 Å². The number of nitrogens with zero attached hydrogens (tertiary/aromatic N) is 4. The average molecular weight is 309 g/mol. The van der Waals surface area contributed by atoms with Gasteiger partial charge in [0.2, 0.25) is 5.89 Å². The van der Waals surface area contributed by atoms with Crippen molar-refractivity contribution in [3.05, 3.63) is 11.7 Å². The summed E-state index contributed by atoms with van der Waals surface area (Å²) in [4.78, 5) is 9.32.